The molecule has 1 fully saturated rings. The molecule has 2 heteroatoms. The molecule has 0 bridgehead atoms. The molecular weight excluding hydrogens is 212 g/mol. The van der Waals surface area contributed by atoms with Gasteiger partial charge in [-0.2, -0.15) is 0 Å². The van der Waals surface area contributed by atoms with E-state index in [2.05, 4.69) is 0 Å². The highest BCUT2D eigenvalue weighted by molar-refractivity contribution is 5.99. The van der Waals surface area contributed by atoms with E-state index in [4.69, 9.17) is 4.74 Å². The van der Waals surface area contributed by atoms with Crippen LogP contribution in [-0.4, -0.2) is 12.4 Å². The van der Waals surface area contributed by atoms with Gasteiger partial charge in [-0.05, 0) is 31.9 Å². The standard InChI is InChI=1S/C15H20O2/c1-3-17-15-8-7-11(2)9-13(15)14(16)10-12-5-4-6-12/h7-9,12H,3-6,10H2,1-2H3. The molecule has 1 aliphatic rings. The van der Waals surface area contributed by atoms with Crippen molar-refractivity contribution in [2.24, 2.45) is 5.92 Å². The Bertz CT molecular complexity index is 405. The maximum atomic E-state index is 12.2. The number of carbonyl (C=O) groups excluding carboxylic acids is 1. The van der Waals surface area contributed by atoms with Crippen LogP contribution in [0.25, 0.3) is 0 Å². The van der Waals surface area contributed by atoms with Gasteiger partial charge in [0.15, 0.2) is 5.78 Å². The van der Waals surface area contributed by atoms with Crippen molar-refractivity contribution >= 4 is 5.78 Å². The van der Waals surface area contributed by atoms with Crippen molar-refractivity contribution in [1.29, 1.82) is 0 Å². The largest absolute Gasteiger partial charge is 0.493 e. The Hall–Kier alpha value is -1.31. The number of Topliss-reactive ketones (excluding diaryl/α,β-unsaturated/α-hetero) is 1. The maximum Gasteiger partial charge on any atom is 0.166 e. The van der Waals surface area contributed by atoms with Crippen LogP contribution in [0.15, 0.2) is 18.2 Å². The molecule has 1 aromatic carbocycles. The Morgan fingerprint density at radius 2 is 2.18 bits per heavy atom. The summed E-state index contributed by atoms with van der Waals surface area (Å²) in [5.41, 5.74) is 1.88. The first-order valence-corrected chi connectivity index (χ1v) is 6.47. The zero-order valence-electron chi connectivity index (χ0n) is 10.7. The van der Waals surface area contributed by atoms with Crippen molar-refractivity contribution in [3.05, 3.63) is 29.3 Å². The summed E-state index contributed by atoms with van der Waals surface area (Å²) in [6, 6.07) is 5.85. The van der Waals surface area contributed by atoms with E-state index in [-0.39, 0.29) is 5.78 Å². The van der Waals surface area contributed by atoms with Gasteiger partial charge in [0.1, 0.15) is 5.75 Å². The minimum atomic E-state index is 0.238. The number of carbonyl (C=O) groups is 1. The first-order chi connectivity index (χ1) is 8.20. The van der Waals surface area contributed by atoms with Gasteiger partial charge >= 0.3 is 0 Å². The molecule has 0 atom stereocenters. The van der Waals surface area contributed by atoms with Crippen molar-refractivity contribution < 1.29 is 9.53 Å². The van der Waals surface area contributed by atoms with Gasteiger partial charge in [-0.25, -0.2) is 0 Å². The summed E-state index contributed by atoms with van der Waals surface area (Å²) in [6.45, 7) is 4.56. The fourth-order valence-electron chi connectivity index (χ4n) is 2.21. The average Bonchev–Trinajstić information content (AvgIpc) is 2.26. The van der Waals surface area contributed by atoms with Crippen LogP contribution in [0.3, 0.4) is 0 Å². The van der Waals surface area contributed by atoms with Crippen molar-refractivity contribution in [1.82, 2.24) is 0 Å². The molecule has 0 amide bonds. The number of ether oxygens (including phenoxy) is 1. The van der Waals surface area contributed by atoms with E-state index < -0.39 is 0 Å². The minimum Gasteiger partial charge on any atom is -0.493 e. The lowest BCUT2D eigenvalue weighted by Gasteiger charge is -2.24. The van der Waals surface area contributed by atoms with E-state index in [1.54, 1.807) is 0 Å². The lowest BCUT2D eigenvalue weighted by atomic mass is 9.81. The number of aryl methyl sites for hydroxylation is 1. The van der Waals surface area contributed by atoms with E-state index in [0.717, 1.165) is 16.9 Å². The van der Waals surface area contributed by atoms with E-state index >= 15 is 0 Å². The number of rotatable bonds is 5. The van der Waals surface area contributed by atoms with Gasteiger partial charge in [-0.3, -0.25) is 4.79 Å². The normalized spacial score (nSPS) is 15.4. The SMILES string of the molecule is CCOc1ccc(C)cc1C(=O)CC1CCC1. The van der Waals surface area contributed by atoms with Gasteiger partial charge in [0.2, 0.25) is 0 Å². The van der Waals surface area contributed by atoms with Gasteiger partial charge in [-0.15, -0.1) is 0 Å². The molecular formula is C15H20O2. The molecule has 92 valence electrons. The lowest BCUT2D eigenvalue weighted by molar-refractivity contribution is 0.0932. The van der Waals surface area contributed by atoms with Crippen molar-refractivity contribution in [3.63, 3.8) is 0 Å². The van der Waals surface area contributed by atoms with Crippen molar-refractivity contribution in [2.75, 3.05) is 6.61 Å². The fraction of sp³-hybridized carbons (Fsp3) is 0.533. The van der Waals surface area contributed by atoms with E-state index in [9.17, 15) is 4.79 Å². The quantitative estimate of drug-likeness (QED) is 0.722. The third kappa shape index (κ3) is 2.87. The molecule has 2 rings (SSSR count). The highest BCUT2D eigenvalue weighted by Gasteiger charge is 2.23. The van der Waals surface area contributed by atoms with Crippen molar-refractivity contribution in [3.8, 4) is 5.75 Å². The van der Waals surface area contributed by atoms with Gasteiger partial charge < -0.3 is 4.74 Å². The fourth-order valence-corrected chi connectivity index (χ4v) is 2.21. The Balaban J connectivity index is 2.15. The predicted molar refractivity (Wildman–Crippen MR) is 68.6 cm³/mol. The van der Waals surface area contributed by atoms with Crippen LogP contribution >= 0.6 is 0 Å². The van der Waals surface area contributed by atoms with Crippen LogP contribution < -0.4 is 4.74 Å². The molecule has 17 heavy (non-hydrogen) atoms. The topological polar surface area (TPSA) is 26.3 Å². The highest BCUT2D eigenvalue weighted by Crippen LogP contribution is 2.32. The molecule has 0 heterocycles. The van der Waals surface area contributed by atoms with E-state index in [1.807, 2.05) is 32.0 Å². The number of benzene rings is 1. The number of ketones is 1. The van der Waals surface area contributed by atoms with Crippen molar-refractivity contribution in [2.45, 2.75) is 39.5 Å². The molecule has 1 saturated carbocycles. The summed E-state index contributed by atoms with van der Waals surface area (Å²) in [6.07, 6.45) is 4.39. The summed E-state index contributed by atoms with van der Waals surface area (Å²) in [7, 11) is 0. The lowest BCUT2D eigenvalue weighted by Crippen LogP contribution is -2.16. The predicted octanol–water partition coefficient (Wildman–Crippen LogP) is 3.77. The second-order valence-corrected chi connectivity index (χ2v) is 4.86. The monoisotopic (exact) mass is 232 g/mol. The van der Waals surface area contributed by atoms with Crippen LogP contribution in [0.5, 0.6) is 5.75 Å². The Labute approximate surface area is 103 Å². The van der Waals surface area contributed by atoms with E-state index in [0.29, 0.717) is 18.9 Å². The second-order valence-electron chi connectivity index (χ2n) is 4.86. The van der Waals surface area contributed by atoms with Crippen LogP contribution in [0.1, 0.15) is 48.5 Å². The summed E-state index contributed by atoms with van der Waals surface area (Å²) in [4.78, 5) is 12.2. The molecule has 0 spiro atoms. The molecule has 0 N–H and O–H groups in total. The summed E-state index contributed by atoms with van der Waals surface area (Å²) in [5, 5.41) is 0. The molecule has 0 saturated heterocycles. The third-order valence-corrected chi connectivity index (χ3v) is 3.43. The van der Waals surface area contributed by atoms with Crippen LogP contribution in [0.2, 0.25) is 0 Å². The van der Waals surface area contributed by atoms with Gasteiger partial charge in [0.25, 0.3) is 0 Å². The van der Waals surface area contributed by atoms with Gasteiger partial charge in [-0.1, -0.05) is 30.9 Å². The highest BCUT2D eigenvalue weighted by atomic mass is 16.5. The Morgan fingerprint density at radius 1 is 1.41 bits per heavy atom. The first kappa shape index (κ1) is 12.2. The second kappa shape index (κ2) is 5.35. The zero-order valence-corrected chi connectivity index (χ0v) is 10.7. The van der Waals surface area contributed by atoms with Crippen LogP contribution in [0, 0.1) is 12.8 Å². The van der Waals surface area contributed by atoms with Gasteiger partial charge in [0.05, 0.1) is 12.2 Å². The van der Waals surface area contributed by atoms with E-state index in [1.165, 1.54) is 19.3 Å². The Kier molecular flexibility index (Phi) is 3.82. The van der Waals surface area contributed by atoms with Crippen LogP contribution in [-0.2, 0) is 0 Å². The number of hydrogen-bond acceptors (Lipinski definition) is 2. The molecule has 0 unspecified atom stereocenters. The molecule has 0 radical (unpaired) electrons. The average molecular weight is 232 g/mol. The maximum absolute atomic E-state index is 12.2. The zero-order chi connectivity index (χ0) is 12.3. The Morgan fingerprint density at radius 3 is 2.76 bits per heavy atom. The number of hydrogen-bond donors (Lipinski definition) is 0. The van der Waals surface area contributed by atoms with Crippen LogP contribution in [0.4, 0.5) is 0 Å². The third-order valence-electron chi connectivity index (χ3n) is 3.43. The smallest absolute Gasteiger partial charge is 0.166 e. The molecule has 0 aromatic heterocycles. The summed E-state index contributed by atoms with van der Waals surface area (Å²) >= 11 is 0. The molecule has 2 nitrogen and oxygen atoms in total. The molecule has 0 aliphatic heterocycles. The van der Waals surface area contributed by atoms with Gasteiger partial charge in [0, 0.05) is 6.42 Å². The minimum absolute atomic E-state index is 0.238. The summed E-state index contributed by atoms with van der Waals surface area (Å²) < 4.78 is 5.53. The first-order valence-electron chi connectivity index (χ1n) is 6.47. The summed E-state index contributed by atoms with van der Waals surface area (Å²) in [5.74, 6) is 1.58. The molecule has 1 aromatic rings. The molecule has 1 aliphatic carbocycles.